The number of halogens is 1. The molecule has 0 aromatic heterocycles. The van der Waals surface area contributed by atoms with Gasteiger partial charge in [-0.15, -0.1) is 0 Å². The van der Waals surface area contributed by atoms with Crippen LogP contribution in [0.15, 0.2) is 0 Å². The quantitative estimate of drug-likeness (QED) is 0.418. The van der Waals surface area contributed by atoms with Gasteiger partial charge in [-0.2, -0.15) is 0 Å². The predicted octanol–water partition coefficient (Wildman–Crippen LogP) is 2.15. The first-order valence-corrected chi connectivity index (χ1v) is 5.76. The second-order valence-electron chi connectivity index (χ2n) is 3.78. The molecule has 0 aromatic carbocycles. The maximum atomic E-state index is 10.8. The molecule has 2 unspecified atom stereocenters. The Kier molecular flexibility index (Phi) is 2.31. The van der Waals surface area contributed by atoms with Crippen molar-refractivity contribution in [3.63, 3.8) is 0 Å². The van der Waals surface area contributed by atoms with Crippen molar-refractivity contribution < 1.29 is 9.53 Å². The molecule has 3 rings (SSSR count). The zero-order valence-corrected chi connectivity index (χ0v) is 9.28. The van der Waals surface area contributed by atoms with Crippen molar-refractivity contribution in [1.82, 2.24) is 0 Å². The Labute approximate surface area is 86.2 Å². The SMILES string of the molecule is CC(=O)OC1[C@@H]2CCC[C@H]1C2I. The number of ether oxygens (including phenoxy) is 1. The summed E-state index contributed by atoms with van der Waals surface area (Å²) in [5, 5.41) is 0. The first-order valence-electron chi connectivity index (χ1n) is 4.51. The Bertz CT molecular complexity index is 193. The molecule has 0 radical (unpaired) electrons. The Balaban J connectivity index is 1.97. The van der Waals surface area contributed by atoms with Crippen LogP contribution in [0.3, 0.4) is 0 Å². The Morgan fingerprint density at radius 3 is 2.42 bits per heavy atom. The number of fused-ring (bicyclic) bond motifs is 2. The van der Waals surface area contributed by atoms with E-state index in [4.69, 9.17) is 4.74 Å². The minimum atomic E-state index is -0.111. The van der Waals surface area contributed by atoms with E-state index in [9.17, 15) is 4.79 Å². The van der Waals surface area contributed by atoms with Gasteiger partial charge in [0.1, 0.15) is 6.10 Å². The highest BCUT2D eigenvalue weighted by Crippen LogP contribution is 2.51. The summed E-state index contributed by atoms with van der Waals surface area (Å²) in [7, 11) is 0. The molecule has 2 bridgehead atoms. The normalized spacial score (nSPS) is 44.8. The second kappa shape index (κ2) is 3.16. The van der Waals surface area contributed by atoms with Gasteiger partial charge in [-0.05, 0) is 12.8 Å². The van der Waals surface area contributed by atoms with Gasteiger partial charge in [0.05, 0.1) is 0 Å². The number of hydrogen-bond donors (Lipinski definition) is 0. The van der Waals surface area contributed by atoms with Crippen molar-refractivity contribution in [3.05, 3.63) is 0 Å². The molecule has 2 nitrogen and oxygen atoms in total. The fourth-order valence-corrected chi connectivity index (χ4v) is 3.99. The lowest BCUT2D eigenvalue weighted by Crippen LogP contribution is -2.56. The van der Waals surface area contributed by atoms with Crippen molar-refractivity contribution in [3.8, 4) is 0 Å². The van der Waals surface area contributed by atoms with E-state index >= 15 is 0 Å². The van der Waals surface area contributed by atoms with E-state index in [0.29, 0.717) is 11.8 Å². The van der Waals surface area contributed by atoms with Crippen LogP contribution in [0.2, 0.25) is 0 Å². The third-order valence-corrected chi connectivity index (χ3v) is 4.89. The van der Waals surface area contributed by atoms with Gasteiger partial charge in [-0.1, -0.05) is 29.0 Å². The van der Waals surface area contributed by atoms with Gasteiger partial charge in [0.15, 0.2) is 0 Å². The molecule has 3 aliphatic carbocycles. The van der Waals surface area contributed by atoms with E-state index in [2.05, 4.69) is 22.6 Å². The maximum absolute atomic E-state index is 10.8. The number of alkyl halides is 1. The average Bonchev–Trinajstić information content (AvgIpc) is 2.05. The van der Waals surface area contributed by atoms with Crippen molar-refractivity contribution in [1.29, 1.82) is 0 Å². The van der Waals surface area contributed by atoms with Crippen molar-refractivity contribution in [2.45, 2.75) is 36.2 Å². The predicted molar refractivity (Wildman–Crippen MR) is 54.2 cm³/mol. The summed E-state index contributed by atoms with van der Waals surface area (Å²) in [5.74, 6) is 1.21. The maximum Gasteiger partial charge on any atom is 0.302 e. The topological polar surface area (TPSA) is 26.3 Å². The Morgan fingerprint density at radius 2 is 2.00 bits per heavy atom. The zero-order chi connectivity index (χ0) is 8.72. The fraction of sp³-hybridized carbons (Fsp3) is 0.889. The molecule has 0 saturated heterocycles. The van der Waals surface area contributed by atoms with Gasteiger partial charge in [0.25, 0.3) is 0 Å². The van der Waals surface area contributed by atoms with E-state index in [1.807, 2.05) is 0 Å². The van der Waals surface area contributed by atoms with Crippen LogP contribution in [0.5, 0.6) is 0 Å². The molecule has 0 aliphatic heterocycles. The lowest BCUT2D eigenvalue weighted by molar-refractivity contribution is -0.166. The van der Waals surface area contributed by atoms with Gasteiger partial charge < -0.3 is 4.74 Å². The Morgan fingerprint density at radius 1 is 1.42 bits per heavy atom. The number of carbonyl (C=O) groups is 1. The minimum Gasteiger partial charge on any atom is -0.462 e. The molecule has 0 heterocycles. The third kappa shape index (κ3) is 1.26. The summed E-state index contributed by atoms with van der Waals surface area (Å²) in [6.45, 7) is 1.51. The van der Waals surface area contributed by atoms with Gasteiger partial charge in [0.2, 0.25) is 0 Å². The van der Waals surface area contributed by atoms with Crippen LogP contribution >= 0.6 is 22.6 Å². The lowest BCUT2D eigenvalue weighted by atomic mass is 9.62. The van der Waals surface area contributed by atoms with Crippen molar-refractivity contribution in [2.24, 2.45) is 11.8 Å². The lowest BCUT2D eigenvalue weighted by Gasteiger charge is -2.52. The van der Waals surface area contributed by atoms with Gasteiger partial charge in [-0.3, -0.25) is 4.79 Å². The molecule has 3 aliphatic rings. The minimum absolute atomic E-state index is 0.111. The summed E-state index contributed by atoms with van der Waals surface area (Å²) in [5.41, 5.74) is 0. The summed E-state index contributed by atoms with van der Waals surface area (Å²) >= 11 is 2.50. The molecule has 3 heteroatoms. The number of esters is 1. The summed E-state index contributed by atoms with van der Waals surface area (Å²) in [6.07, 6.45) is 4.09. The smallest absolute Gasteiger partial charge is 0.302 e. The van der Waals surface area contributed by atoms with Gasteiger partial charge in [0, 0.05) is 22.7 Å². The Hall–Kier alpha value is 0.200. The highest BCUT2D eigenvalue weighted by atomic mass is 127. The van der Waals surface area contributed by atoms with Crippen LogP contribution in [0, 0.1) is 11.8 Å². The number of hydrogen-bond acceptors (Lipinski definition) is 2. The summed E-state index contributed by atoms with van der Waals surface area (Å²) < 4.78 is 6.04. The average molecular weight is 280 g/mol. The van der Waals surface area contributed by atoms with E-state index in [-0.39, 0.29) is 12.1 Å². The van der Waals surface area contributed by atoms with Gasteiger partial charge in [-0.25, -0.2) is 0 Å². The van der Waals surface area contributed by atoms with Crippen molar-refractivity contribution >= 4 is 28.6 Å². The first-order chi connectivity index (χ1) is 5.70. The summed E-state index contributed by atoms with van der Waals surface area (Å²) in [6, 6.07) is 0. The van der Waals surface area contributed by atoms with Crippen LogP contribution in [-0.2, 0) is 9.53 Å². The summed E-state index contributed by atoms with van der Waals surface area (Å²) in [4.78, 5) is 10.8. The standard InChI is InChI=1S/C9H13IO2/c1-5(11)12-9-6-3-2-4-7(9)8(6)10/h6-9H,2-4H2,1H3/t6-,7+,8?,9?. The molecule has 12 heavy (non-hydrogen) atoms. The molecular formula is C9H13IO2. The number of carbonyl (C=O) groups excluding carboxylic acids is 1. The zero-order valence-electron chi connectivity index (χ0n) is 7.13. The molecule has 68 valence electrons. The molecule has 0 aromatic rings. The highest BCUT2D eigenvalue weighted by Gasteiger charge is 2.53. The fourth-order valence-electron chi connectivity index (χ4n) is 2.45. The number of rotatable bonds is 1. The third-order valence-electron chi connectivity index (χ3n) is 3.04. The van der Waals surface area contributed by atoms with E-state index in [1.165, 1.54) is 26.2 Å². The second-order valence-corrected chi connectivity index (χ2v) is 5.22. The molecule has 0 spiro atoms. The molecular weight excluding hydrogens is 267 g/mol. The molecule has 4 atom stereocenters. The largest absolute Gasteiger partial charge is 0.462 e. The van der Waals surface area contributed by atoms with E-state index < -0.39 is 0 Å². The van der Waals surface area contributed by atoms with Crippen LogP contribution in [-0.4, -0.2) is 16.0 Å². The van der Waals surface area contributed by atoms with Crippen molar-refractivity contribution in [2.75, 3.05) is 0 Å². The molecule has 0 N–H and O–H groups in total. The van der Waals surface area contributed by atoms with Gasteiger partial charge >= 0.3 is 5.97 Å². The van der Waals surface area contributed by atoms with E-state index in [0.717, 1.165) is 3.92 Å². The highest BCUT2D eigenvalue weighted by molar-refractivity contribution is 14.1. The molecule has 0 amide bonds. The van der Waals surface area contributed by atoms with Crippen LogP contribution in [0.25, 0.3) is 0 Å². The monoisotopic (exact) mass is 280 g/mol. The molecule has 3 saturated carbocycles. The van der Waals surface area contributed by atoms with Crippen LogP contribution in [0.1, 0.15) is 26.2 Å². The van der Waals surface area contributed by atoms with Crippen LogP contribution < -0.4 is 0 Å². The molecule has 3 fully saturated rings. The van der Waals surface area contributed by atoms with Crippen LogP contribution in [0.4, 0.5) is 0 Å². The first kappa shape index (κ1) is 8.78. The van der Waals surface area contributed by atoms with E-state index in [1.54, 1.807) is 0 Å².